The molecular formula is C16H28N4O3. The number of morpholine rings is 1. The van der Waals surface area contributed by atoms with Crippen molar-refractivity contribution in [2.24, 2.45) is 7.05 Å². The number of hydrogen-bond donors (Lipinski definition) is 0. The summed E-state index contributed by atoms with van der Waals surface area (Å²) in [6.45, 7) is 7.15. The van der Waals surface area contributed by atoms with Crippen molar-refractivity contribution in [3.05, 3.63) is 18.2 Å². The summed E-state index contributed by atoms with van der Waals surface area (Å²) in [5, 5.41) is 0. The predicted molar refractivity (Wildman–Crippen MR) is 87.0 cm³/mol. The molecule has 0 radical (unpaired) electrons. The fraction of sp³-hybridized carbons (Fsp3) is 0.750. The summed E-state index contributed by atoms with van der Waals surface area (Å²) in [4.78, 5) is 19.6. The highest BCUT2D eigenvalue weighted by Gasteiger charge is 2.33. The molecule has 0 unspecified atom stereocenters. The van der Waals surface area contributed by atoms with Crippen molar-refractivity contribution in [1.82, 2.24) is 19.4 Å². The van der Waals surface area contributed by atoms with Crippen molar-refractivity contribution in [2.45, 2.75) is 32.1 Å². The Hall–Kier alpha value is -1.44. The Labute approximate surface area is 138 Å². The minimum Gasteiger partial charge on any atom is -0.369 e. The lowest BCUT2D eigenvalue weighted by Crippen LogP contribution is -2.53. The Bertz CT molecular complexity index is 527. The Morgan fingerprint density at radius 1 is 1.52 bits per heavy atom. The zero-order chi connectivity index (χ0) is 17.0. The van der Waals surface area contributed by atoms with Gasteiger partial charge in [0.05, 0.1) is 30.3 Å². The van der Waals surface area contributed by atoms with Crippen LogP contribution in [0.3, 0.4) is 0 Å². The van der Waals surface area contributed by atoms with Gasteiger partial charge in [0.25, 0.3) is 0 Å². The number of imidazole rings is 1. The van der Waals surface area contributed by atoms with Crippen LogP contribution in [0.2, 0.25) is 0 Å². The standard InChI is InChI=1S/C16H28N4O3/c1-16(2)11-20(7-13-6-17-12-19(13)5)8-14(23-16)9-22-10-15(21)18(3)4/h6,12,14H,7-11H2,1-5H3/t14-/m1/s1. The number of likely N-dealkylation sites (N-methyl/N-ethyl adjacent to an activating group) is 1. The molecule has 1 aromatic heterocycles. The number of carbonyl (C=O) groups is 1. The number of aryl methyl sites for hydroxylation is 1. The van der Waals surface area contributed by atoms with Crippen LogP contribution < -0.4 is 0 Å². The highest BCUT2D eigenvalue weighted by Crippen LogP contribution is 2.22. The molecule has 1 saturated heterocycles. The van der Waals surface area contributed by atoms with Crippen LogP contribution in [0.25, 0.3) is 0 Å². The molecule has 1 aromatic rings. The normalized spacial score (nSPS) is 21.3. The van der Waals surface area contributed by atoms with Gasteiger partial charge in [0.2, 0.25) is 5.91 Å². The number of rotatable bonds is 6. The number of ether oxygens (including phenoxy) is 2. The molecule has 1 aliphatic heterocycles. The third kappa shape index (κ3) is 5.30. The second kappa shape index (κ2) is 7.42. The van der Waals surface area contributed by atoms with Gasteiger partial charge in [0.1, 0.15) is 6.61 Å². The summed E-state index contributed by atoms with van der Waals surface area (Å²) < 4.78 is 13.6. The molecule has 0 bridgehead atoms. The van der Waals surface area contributed by atoms with Crippen LogP contribution in [-0.2, 0) is 27.9 Å². The Kier molecular flexibility index (Phi) is 5.78. The lowest BCUT2D eigenvalue weighted by molar-refractivity contribution is -0.161. The van der Waals surface area contributed by atoms with Gasteiger partial charge >= 0.3 is 0 Å². The van der Waals surface area contributed by atoms with Crippen LogP contribution in [0.1, 0.15) is 19.5 Å². The third-order valence-electron chi connectivity index (χ3n) is 3.88. The van der Waals surface area contributed by atoms with E-state index in [1.54, 1.807) is 14.1 Å². The summed E-state index contributed by atoms with van der Waals surface area (Å²) in [6, 6.07) is 0. The molecule has 0 saturated carbocycles. The molecule has 1 aliphatic rings. The zero-order valence-electron chi connectivity index (χ0n) is 14.8. The maximum Gasteiger partial charge on any atom is 0.248 e. The molecule has 1 atom stereocenters. The molecule has 1 fully saturated rings. The first kappa shape index (κ1) is 17.9. The molecule has 130 valence electrons. The number of nitrogens with zero attached hydrogens (tertiary/aromatic N) is 4. The minimum absolute atomic E-state index is 0.0354. The molecule has 0 aromatic carbocycles. The van der Waals surface area contributed by atoms with Gasteiger partial charge in [-0.15, -0.1) is 0 Å². The first-order valence-corrected chi connectivity index (χ1v) is 7.90. The van der Waals surface area contributed by atoms with Crippen molar-refractivity contribution in [2.75, 3.05) is 40.4 Å². The van der Waals surface area contributed by atoms with E-state index in [1.165, 1.54) is 10.6 Å². The summed E-state index contributed by atoms with van der Waals surface area (Å²) in [5.74, 6) is -0.0354. The van der Waals surface area contributed by atoms with Crippen molar-refractivity contribution >= 4 is 5.91 Å². The van der Waals surface area contributed by atoms with Gasteiger partial charge in [-0.3, -0.25) is 9.69 Å². The zero-order valence-corrected chi connectivity index (χ0v) is 14.8. The quantitative estimate of drug-likeness (QED) is 0.763. The molecule has 2 heterocycles. The van der Waals surface area contributed by atoms with E-state index in [-0.39, 0.29) is 24.2 Å². The fourth-order valence-electron chi connectivity index (χ4n) is 2.80. The monoisotopic (exact) mass is 324 g/mol. The van der Waals surface area contributed by atoms with Crippen LogP contribution in [0.15, 0.2) is 12.5 Å². The van der Waals surface area contributed by atoms with E-state index in [0.717, 1.165) is 19.6 Å². The molecular weight excluding hydrogens is 296 g/mol. The molecule has 0 aliphatic carbocycles. The average molecular weight is 324 g/mol. The van der Waals surface area contributed by atoms with Crippen LogP contribution in [-0.4, -0.2) is 77.4 Å². The van der Waals surface area contributed by atoms with Gasteiger partial charge in [0.15, 0.2) is 0 Å². The van der Waals surface area contributed by atoms with Crippen molar-refractivity contribution in [3.63, 3.8) is 0 Å². The molecule has 0 N–H and O–H groups in total. The molecule has 7 nitrogen and oxygen atoms in total. The molecule has 1 amide bonds. The lowest BCUT2D eigenvalue weighted by atomic mass is 10.1. The van der Waals surface area contributed by atoms with Gasteiger partial charge in [-0.05, 0) is 13.8 Å². The van der Waals surface area contributed by atoms with Crippen molar-refractivity contribution in [3.8, 4) is 0 Å². The third-order valence-corrected chi connectivity index (χ3v) is 3.88. The highest BCUT2D eigenvalue weighted by atomic mass is 16.5. The fourth-order valence-corrected chi connectivity index (χ4v) is 2.80. The summed E-state index contributed by atoms with van der Waals surface area (Å²) in [6.07, 6.45) is 3.67. The smallest absolute Gasteiger partial charge is 0.248 e. The summed E-state index contributed by atoms with van der Waals surface area (Å²) in [7, 11) is 5.45. The molecule has 2 rings (SSSR count). The van der Waals surface area contributed by atoms with Gasteiger partial charge < -0.3 is 18.9 Å². The van der Waals surface area contributed by atoms with E-state index in [9.17, 15) is 4.79 Å². The second-order valence-corrected chi connectivity index (χ2v) is 6.97. The Balaban J connectivity index is 1.88. The Morgan fingerprint density at radius 2 is 2.26 bits per heavy atom. The van der Waals surface area contributed by atoms with Crippen molar-refractivity contribution in [1.29, 1.82) is 0 Å². The largest absolute Gasteiger partial charge is 0.369 e. The van der Waals surface area contributed by atoms with E-state index in [0.29, 0.717) is 6.61 Å². The van der Waals surface area contributed by atoms with Gasteiger partial charge in [-0.1, -0.05) is 0 Å². The van der Waals surface area contributed by atoms with Gasteiger partial charge in [-0.25, -0.2) is 4.98 Å². The van der Waals surface area contributed by atoms with E-state index in [2.05, 4.69) is 23.7 Å². The number of hydrogen-bond acceptors (Lipinski definition) is 5. The lowest BCUT2D eigenvalue weighted by Gasteiger charge is -2.42. The number of aromatic nitrogens is 2. The van der Waals surface area contributed by atoms with Crippen LogP contribution >= 0.6 is 0 Å². The molecule has 23 heavy (non-hydrogen) atoms. The van der Waals surface area contributed by atoms with Gasteiger partial charge in [0, 0.05) is 47.0 Å². The summed E-state index contributed by atoms with van der Waals surface area (Å²) in [5.41, 5.74) is 0.932. The van der Waals surface area contributed by atoms with E-state index in [4.69, 9.17) is 9.47 Å². The predicted octanol–water partition coefficient (Wildman–Crippen LogP) is 0.504. The Morgan fingerprint density at radius 3 is 2.87 bits per heavy atom. The van der Waals surface area contributed by atoms with E-state index < -0.39 is 0 Å². The topological polar surface area (TPSA) is 59.8 Å². The van der Waals surface area contributed by atoms with Crippen LogP contribution in [0, 0.1) is 0 Å². The van der Waals surface area contributed by atoms with E-state index in [1.807, 2.05) is 24.1 Å². The maximum atomic E-state index is 11.6. The molecule has 7 heteroatoms. The van der Waals surface area contributed by atoms with Crippen LogP contribution in [0.4, 0.5) is 0 Å². The van der Waals surface area contributed by atoms with Crippen LogP contribution in [0.5, 0.6) is 0 Å². The first-order valence-electron chi connectivity index (χ1n) is 7.90. The first-order chi connectivity index (χ1) is 10.8. The maximum absolute atomic E-state index is 11.6. The summed E-state index contributed by atoms with van der Waals surface area (Å²) >= 11 is 0. The van der Waals surface area contributed by atoms with Gasteiger partial charge in [-0.2, -0.15) is 0 Å². The SMILES string of the molecule is CN(C)C(=O)COC[C@H]1CN(Cc2cncn2C)CC(C)(C)O1. The minimum atomic E-state index is -0.240. The average Bonchev–Trinajstić information content (AvgIpc) is 2.82. The van der Waals surface area contributed by atoms with E-state index >= 15 is 0 Å². The molecule has 0 spiro atoms. The second-order valence-electron chi connectivity index (χ2n) is 6.97. The highest BCUT2D eigenvalue weighted by molar-refractivity contribution is 5.76. The number of amides is 1. The van der Waals surface area contributed by atoms with Crippen molar-refractivity contribution < 1.29 is 14.3 Å². The number of carbonyl (C=O) groups excluding carboxylic acids is 1.